The average molecular weight is 214 g/mol. The van der Waals surface area contributed by atoms with Gasteiger partial charge >= 0.3 is 0 Å². The standard InChI is InChI=1S/C13H26O2/c1-3-12(14)5-4-10-15-13-8-6-11(2)7-9-13/h11-14H,3-10H2,1-2H3. The Kier molecular flexibility index (Phi) is 6.26. The molecule has 0 radical (unpaired) electrons. The van der Waals surface area contributed by atoms with Crippen molar-refractivity contribution in [1.82, 2.24) is 0 Å². The fraction of sp³-hybridized carbons (Fsp3) is 1.00. The van der Waals surface area contributed by atoms with E-state index in [-0.39, 0.29) is 6.10 Å². The van der Waals surface area contributed by atoms with Crippen LogP contribution in [0.15, 0.2) is 0 Å². The minimum atomic E-state index is -0.125. The van der Waals surface area contributed by atoms with Crippen LogP contribution in [0.25, 0.3) is 0 Å². The molecule has 15 heavy (non-hydrogen) atoms. The predicted molar refractivity (Wildman–Crippen MR) is 62.9 cm³/mol. The molecule has 0 aliphatic heterocycles. The molecular formula is C13H26O2. The first kappa shape index (κ1) is 13.0. The van der Waals surface area contributed by atoms with E-state index >= 15 is 0 Å². The maximum atomic E-state index is 9.37. The molecule has 1 N–H and O–H groups in total. The van der Waals surface area contributed by atoms with E-state index in [1.165, 1.54) is 25.7 Å². The summed E-state index contributed by atoms with van der Waals surface area (Å²) in [5.74, 6) is 0.895. The van der Waals surface area contributed by atoms with Crippen molar-refractivity contribution in [3.8, 4) is 0 Å². The van der Waals surface area contributed by atoms with Crippen LogP contribution < -0.4 is 0 Å². The highest BCUT2D eigenvalue weighted by molar-refractivity contribution is 4.69. The number of ether oxygens (including phenoxy) is 1. The van der Waals surface area contributed by atoms with Gasteiger partial charge in [0.1, 0.15) is 0 Å². The smallest absolute Gasteiger partial charge is 0.0575 e. The van der Waals surface area contributed by atoms with Gasteiger partial charge in [0.2, 0.25) is 0 Å². The molecule has 0 aromatic carbocycles. The first-order valence-electron chi connectivity index (χ1n) is 6.52. The van der Waals surface area contributed by atoms with Gasteiger partial charge in [-0.1, -0.05) is 13.8 Å². The van der Waals surface area contributed by atoms with Gasteiger partial charge < -0.3 is 9.84 Å². The van der Waals surface area contributed by atoms with Crippen LogP contribution in [-0.2, 0) is 4.74 Å². The van der Waals surface area contributed by atoms with Crippen LogP contribution in [0.3, 0.4) is 0 Å². The summed E-state index contributed by atoms with van der Waals surface area (Å²) in [6, 6.07) is 0. The normalized spacial score (nSPS) is 29.0. The molecule has 1 unspecified atom stereocenters. The Morgan fingerprint density at radius 2 is 1.93 bits per heavy atom. The second-order valence-electron chi connectivity index (χ2n) is 4.96. The van der Waals surface area contributed by atoms with Gasteiger partial charge in [0, 0.05) is 6.61 Å². The average Bonchev–Trinajstić information content (AvgIpc) is 2.26. The van der Waals surface area contributed by atoms with E-state index in [4.69, 9.17) is 4.74 Å². The maximum absolute atomic E-state index is 9.37. The van der Waals surface area contributed by atoms with Crippen LogP contribution in [0.2, 0.25) is 0 Å². The van der Waals surface area contributed by atoms with Crippen molar-refractivity contribution >= 4 is 0 Å². The Morgan fingerprint density at radius 3 is 2.53 bits per heavy atom. The largest absolute Gasteiger partial charge is 0.393 e. The first-order valence-corrected chi connectivity index (χ1v) is 6.52. The Morgan fingerprint density at radius 1 is 1.27 bits per heavy atom. The zero-order valence-corrected chi connectivity index (χ0v) is 10.2. The van der Waals surface area contributed by atoms with Gasteiger partial charge in [0.15, 0.2) is 0 Å². The zero-order chi connectivity index (χ0) is 11.1. The van der Waals surface area contributed by atoms with Gasteiger partial charge in [0.25, 0.3) is 0 Å². The molecular weight excluding hydrogens is 188 g/mol. The fourth-order valence-electron chi connectivity index (χ4n) is 2.17. The summed E-state index contributed by atoms with van der Waals surface area (Å²) in [6.45, 7) is 5.18. The van der Waals surface area contributed by atoms with E-state index in [1.807, 2.05) is 6.92 Å². The Balaban J connectivity index is 1.96. The Bertz CT molecular complexity index is 151. The number of rotatable bonds is 6. The summed E-state index contributed by atoms with van der Waals surface area (Å²) < 4.78 is 5.82. The van der Waals surface area contributed by atoms with E-state index in [9.17, 15) is 5.11 Å². The Labute approximate surface area is 94.0 Å². The number of hydrogen-bond donors (Lipinski definition) is 1. The molecule has 2 nitrogen and oxygen atoms in total. The first-order chi connectivity index (χ1) is 7.22. The molecule has 0 aromatic heterocycles. The van der Waals surface area contributed by atoms with Crippen LogP contribution >= 0.6 is 0 Å². The summed E-state index contributed by atoms with van der Waals surface area (Å²) in [4.78, 5) is 0. The van der Waals surface area contributed by atoms with Crippen molar-refractivity contribution in [1.29, 1.82) is 0 Å². The van der Waals surface area contributed by atoms with Crippen molar-refractivity contribution in [2.24, 2.45) is 5.92 Å². The molecule has 0 saturated heterocycles. The highest BCUT2D eigenvalue weighted by Gasteiger charge is 2.18. The van der Waals surface area contributed by atoms with Gasteiger partial charge in [0.05, 0.1) is 12.2 Å². The molecule has 1 aliphatic rings. The molecule has 0 amide bonds. The van der Waals surface area contributed by atoms with E-state index in [2.05, 4.69) is 6.92 Å². The van der Waals surface area contributed by atoms with E-state index in [0.29, 0.717) is 6.10 Å². The molecule has 2 heteroatoms. The molecule has 90 valence electrons. The monoisotopic (exact) mass is 214 g/mol. The summed E-state index contributed by atoms with van der Waals surface area (Å²) >= 11 is 0. The third-order valence-electron chi connectivity index (χ3n) is 3.47. The van der Waals surface area contributed by atoms with Gasteiger partial charge in [-0.25, -0.2) is 0 Å². The van der Waals surface area contributed by atoms with E-state index < -0.39 is 0 Å². The van der Waals surface area contributed by atoms with Gasteiger partial charge in [-0.05, 0) is 50.9 Å². The van der Waals surface area contributed by atoms with E-state index in [0.717, 1.165) is 31.8 Å². The molecule has 1 atom stereocenters. The lowest BCUT2D eigenvalue weighted by Gasteiger charge is -2.26. The topological polar surface area (TPSA) is 29.5 Å². The second kappa shape index (κ2) is 7.24. The zero-order valence-electron chi connectivity index (χ0n) is 10.2. The quantitative estimate of drug-likeness (QED) is 0.688. The lowest BCUT2D eigenvalue weighted by atomic mass is 9.89. The molecule has 1 fully saturated rings. The number of aliphatic hydroxyl groups is 1. The molecule has 0 spiro atoms. The highest BCUT2D eigenvalue weighted by atomic mass is 16.5. The van der Waals surface area contributed by atoms with Crippen LogP contribution in [-0.4, -0.2) is 23.9 Å². The minimum absolute atomic E-state index is 0.125. The number of hydrogen-bond acceptors (Lipinski definition) is 2. The lowest BCUT2D eigenvalue weighted by Crippen LogP contribution is -2.21. The van der Waals surface area contributed by atoms with Gasteiger partial charge in [-0.2, -0.15) is 0 Å². The number of aliphatic hydroxyl groups excluding tert-OH is 1. The predicted octanol–water partition coefficient (Wildman–Crippen LogP) is 3.13. The van der Waals surface area contributed by atoms with E-state index in [1.54, 1.807) is 0 Å². The maximum Gasteiger partial charge on any atom is 0.0575 e. The molecule has 1 rings (SSSR count). The SMILES string of the molecule is CCC(O)CCCOC1CCC(C)CC1. The van der Waals surface area contributed by atoms with Crippen molar-refractivity contribution in [3.05, 3.63) is 0 Å². The molecule has 1 aliphatic carbocycles. The summed E-state index contributed by atoms with van der Waals surface area (Å²) in [7, 11) is 0. The van der Waals surface area contributed by atoms with Crippen molar-refractivity contribution in [2.45, 2.75) is 71.0 Å². The van der Waals surface area contributed by atoms with Crippen LogP contribution in [0.4, 0.5) is 0 Å². The molecule has 0 aromatic rings. The highest BCUT2D eigenvalue weighted by Crippen LogP contribution is 2.25. The third kappa shape index (κ3) is 5.53. The summed E-state index contributed by atoms with van der Waals surface area (Å²) in [6.07, 6.45) is 8.24. The molecule has 1 saturated carbocycles. The molecule has 0 heterocycles. The van der Waals surface area contributed by atoms with Crippen molar-refractivity contribution in [2.75, 3.05) is 6.61 Å². The van der Waals surface area contributed by atoms with Crippen LogP contribution in [0.1, 0.15) is 58.8 Å². The van der Waals surface area contributed by atoms with Gasteiger partial charge in [-0.3, -0.25) is 0 Å². The van der Waals surface area contributed by atoms with Crippen molar-refractivity contribution in [3.63, 3.8) is 0 Å². The summed E-state index contributed by atoms with van der Waals surface area (Å²) in [5.41, 5.74) is 0. The second-order valence-corrected chi connectivity index (χ2v) is 4.96. The lowest BCUT2D eigenvalue weighted by molar-refractivity contribution is 0.0133. The fourth-order valence-corrected chi connectivity index (χ4v) is 2.17. The van der Waals surface area contributed by atoms with Gasteiger partial charge in [-0.15, -0.1) is 0 Å². The van der Waals surface area contributed by atoms with Crippen LogP contribution in [0.5, 0.6) is 0 Å². The third-order valence-corrected chi connectivity index (χ3v) is 3.47. The summed E-state index contributed by atoms with van der Waals surface area (Å²) in [5, 5.41) is 9.37. The molecule has 0 bridgehead atoms. The minimum Gasteiger partial charge on any atom is -0.393 e. The van der Waals surface area contributed by atoms with Crippen molar-refractivity contribution < 1.29 is 9.84 Å². The van der Waals surface area contributed by atoms with Crippen LogP contribution in [0, 0.1) is 5.92 Å². The Hall–Kier alpha value is -0.0800.